The van der Waals surface area contributed by atoms with Crippen LogP contribution in [0, 0.1) is 17.0 Å². The summed E-state index contributed by atoms with van der Waals surface area (Å²) in [4.78, 5) is 46.4. The summed E-state index contributed by atoms with van der Waals surface area (Å²) in [6.07, 6.45) is 0. The number of nitrogens with zero attached hydrogens (tertiary/aromatic N) is 1. The van der Waals surface area contributed by atoms with Crippen LogP contribution in [0.1, 0.15) is 32.0 Å². The molecule has 3 rings (SSSR count). The van der Waals surface area contributed by atoms with E-state index >= 15 is 0 Å². The number of amides is 2. The zero-order valence-electron chi connectivity index (χ0n) is 17.0. The van der Waals surface area contributed by atoms with E-state index in [4.69, 9.17) is 9.15 Å². The van der Waals surface area contributed by atoms with Crippen molar-refractivity contribution < 1.29 is 28.5 Å². The quantitative estimate of drug-likeness (QED) is 0.313. The van der Waals surface area contributed by atoms with Crippen LogP contribution in [0.25, 0.3) is 0 Å². The number of aryl methyl sites for hydroxylation is 1. The smallest absolute Gasteiger partial charge is 0.433 e. The van der Waals surface area contributed by atoms with E-state index in [1.54, 1.807) is 18.2 Å². The van der Waals surface area contributed by atoms with Gasteiger partial charge in [-0.2, -0.15) is 0 Å². The summed E-state index contributed by atoms with van der Waals surface area (Å²) in [6.45, 7) is 1.61. The van der Waals surface area contributed by atoms with Crippen molar-refractivity contribution >= 4 is 29.4 Å². The van der Waals surface area contributed by atoms with E-state index in [9.17, 15) is 24.5 Å². The first-order valence-corrected chi connectivity index (χ1v) is 9.47. The molecule has 2 aromatic carbocycles. The molecule has 1 heterocycles. The number of furan rings is 1. The molecule has 3 aromatic rings. The molecule has 0 saturated carbocycles. The van der Waals surface area contributed by atoms with Crippen LogP contribution >= 0.6 is 0 Å². The van der Waals surface area contributed by atoms with E-state index < -0.39 is 35.1 Å². The monoisotopic (exact) mass is 437 g/mol. The fourth-order valence-corrected chi connectivity index (χ4v) is 2.70. The van der Waals surface area contributed by atoms with E-state index in [-0.39, 0.29) is 17.2 Å². The molecular formula is C22H19N3O7. The Bertz CT molecular complexity index is 1150. The molecule has 10 heteroatoms. The molecule has 0 bridgehead atoms. The Morgan fingerprint density at radius 2 is 1.75 bits per heavy atom. The van der Waals surface area contributed by atoms with Crippen molar-refractivity contribution in [1.29, 1.82) is 0 Å². The maximum absolute atomic E-state index is 12.6. The maximum Gasteiger partial charge on any atom is 0.433 e. The van der Waals surface area contributed by atoms with Crippen LogP contribution in [0.5, 0.6) is 0 Å². The fraction of sp³-hybridized carbons (Fsp3) is 0.136. The minimum atomic E-state index is -1.03. The molecule has 0 radical (unpaired) electrons. The number of anilines is 1. The van der Waals surface area contributed by atoms with Gasteiger partial charge in [-0.3, -0.25) is 19.7 Å². The number of nitrogens with one attached hydrogen (secondary N) is 2. The molecule has 2 amide bonds. The molecule has 0 fully saturated rings. The molecule has 1 aromatic heterocycles. The van der Waals surface area contributed by atoms with Crippen molar-refractivity contribution in [3.63, 3.8) is 0 Å². The summed E-state index contributed by atoms with van der Waals surface area (Å²) >= 11 is 0. The summed E-state index contributed by atoms with van der Waals surface area (Å²) < 4.78 is 9.52. The predicted molar refractivity (Wildman–Crippen MR) is 113 cm³/mol. The molecule has 0 atom stereocenters. The van der Waals surface area contributed by atoms with Gasteiger partial charge >= 0.3 is 11.9 Å². The number of rotatable bonds is 8. The lowest BCUT2D eigenvalue weighted by atomic mass is 10.1. The summed E-state index contributed by atoms with van der Waals surface area (Å²) in [7, 11) is 0. The van der Waals surface area contributed by atoms with Gasteiger partial charge in [-0.05, 0) is 30.7 Å². The third kappa shape index (κ3) is 5.79. The Hall–Kier alpha value is -4.47. The molecule has 2 N–H and O–H groups in total. The van der Waals surface area contributed by atoms with Crippen molar-refractivity contribution in [2.24, 2.45) is 0 Å². The van der Waals surface area contributed by atoms with Gasteiger partial charge in [0.15, 0.2) is 6.61 Å². The average molecular weight is 437 g/mol. The molecule has 0 aliphatic rings. The fourth-order valence-electron chi connectivity index (χ4n) is 2.70. The molecule has 164 valence electrons. The lowest BCUT2D eigenvalue weighted by molar-refractivity contribution is -0.402. The first-order valence-electron chi connectivity index (χ1n) is 9.47. The summed E-state index contributed by atoms with van der Waals surface area (Å²) in [6, 6.07) is 16.2. The predicted octanol–water partition coefficient (Wildman–Crippen LogP) is 3.22. The molecule has 0 aliphatic carbocycles. The van der Waals surface area contributed by atoms with Crippen LogP contribution in [-0.2, 0) is 16.1 Å². The Kier molecular flexibility index (Phi) is 6.96. The van der Waals surface area contributed by atoms with Crippen LogP contribution in [0.15, 0.2) is 65.1 Å². The highest BCUT2D eigenvalue weighted by Crippen LogP contribution is 2.17. The summed E-state index contributed by atoms with van der Waals surface area (Å²) in [5.74, 6) is -3.13. The topological polar surface area (TPSA) is 141 Å². The third-order valence-corrected chi connectivity index (χ3v) is 4.33. The van der Waals surface area contributed by atoms with Crippen molar-refractivity contribution in [3.8, 4) is 0 Å². The number of carbonyl (C=O) groups excluding carboxylic acids is 3. The van der Waals surface area contributed by atoms with Gasteiger partial charge in [0, 0.05) is 6.54 Å². The number of hydrogen-bond donors (Lipinski definition) is 2. The standard InChI is InChI=1S/C22H19N3O7/c1-14-6-8-15(9-7-14)12-23-21(27)16-4-2-3-5-17(16)24-19(26)13-31-22(28)18-10-11-20(32-18)25(29)30/h2-11H,12-13H2,1H3,(H,23,27)(H,24,26). The Morgan fingerprint density at radius 3 is 2.44 bits per heavy atom. The molecule has 10 nitrogen and oxygen atoms in total. The van der Waals surface area contributed by atoms with Gasteiger partial charge in [-0.25, -0.2) is 4.79 Å². The van der Waals surface area contributed by atoms with Crippen LogP contribution < -0.4 is 10.6 Å². The first-order chi connectivity index (χ1) is 15.3. The van der Waals surface area contributed by atoms with Gasteiger partial charge in [-0.1, -0.05) is 42.0 Å². The average Bonchev–Trinajstić information content (AvgIpc) is 3.28. The Morgan fingerprint density at radius 1 is 1.03 bits per heavy atom. The highest BCUT2D eigenvalue weighted by atomic mass is 16.7. The molecule has 32 heavy (non-hydrogen) atoms. The minimum Gasteiger partial charge on any atom is -0.450 e. The highest BCUT2D eigenvalue weighted by molar-refractivity contribution is 6.04. The van der Waals surface area contributed by atoms with E-state index in [2.05, 4.69) is 10.6 Å². The second kappa shape index (κ2) is 10.0. The number of ether oxygens (including phenoxy) is 1. The van der Waals surface area contributed by atoms with E-state index in [0.717, 1.165) is 23.3 Å². The van der Waals surface area contributed by atoms with Gasteiger partial charge in [0.25, 0.3) is 11.8 Å². The van der Waals surface area contributed by atoms with E-state index in [0.29, 0.717) is 6.54 Å². The van der Waals surface area contributed by atoms with Crippen molar-refractivity contribution in [1.82, 2.24) is 5.32 Å². The number of nitro groups is 1. The SMILES string of the molecule is Cc1ccc(CNC(=O)c2ccccc2NC(=O)COC(=O)c2ccc([N+](=O)[O-])o2)cc1. The van der Waals surface area contributed by atoms with Gasteiger partial charge in [-0.15, -0.1) is 0 Å². The molecule has 0 saturated heterocycles. The minimum absolute atomic E-state index is 0.237. The van der Waals surface area contributed by atoms with Crippen molar-refractivity contribution in [3.05, 3.63) is 93.2 Å². The largest absolute Gasteiger partial charge is 0.450 e. The number of benzene rings is 2. The second-order valence-electron chi connectivity index (χ2n) is 6.73. The lowest BCUT2D eigenvalue weighted by Crippen LogP contribution is -2.26. The van der Waals surface area contributed by atoms with Crippen LogP contribution in [0.4, 0.5) is 11.6 Å². The number of esters is 1. The molecule has 0 aliphatic heterocycles. The number of hydrogen-bond acceptors (Lipinski definition) is 7. The Labute approximate surface area is 182 Å². The second-order valence-corrected chi connectivity index (χ2v) is 6.73. The first kappa shape index (κ1) is 22.2. The maximum atomic E-state index is 12.6. The van der Waals surface area contributed by atoms with E-state index in [1.807, 2.05) is 31.2 Å². The Balaban J connectivity index is 1.56. The lowest BCUT2D eigenvalue weighted by Gasteiger charge is -2.12. The highest BCUT2D eigenvalue weighted by Gasteiger charge is 2.20. The summed E-state index contributed by atoms with van der Waals surface area (Å²) in [5.41, 5.74) is 2.51. The van der Waals surface area contributed by atoms with Crippen molar-refractivity contribution in [2.75, 3.05) is 11.9 Å². The van der Waals surface area contributed by atoms with Gasteiger partial charge in [0.05, 0.1) is 17.3 Å². The van der Waals surface area contributed by atoms with Gasteiger partial charge in [0.1, 0.15) is 4.92 Å². The van der Waals surface area contributed by atoms with Crippen LogP contribution in [0.3, 0.4) is 0 Å². The normalized spacial score (nSPS) is 10.3. The zero-order chi connectivity index (χ0) is 23.1. The molecular weight excluding hydrogens is 418 g/mol. The summed E-state index contributed by atoms with van der Waals surface area (Å²) in [5, 5.41) is 15.9. The van der Waals surface area contributed by atoms with Gasteiger partial charge < -0.3 is 19.8 Å². The van der Waals surface area contributed by atoms with Crippen LogP contribution in [-0.4, -0.2) is 29.3 Å². The van der Waals surface area contributed by atoms with Crippen LogP contribution in [0.2, 0.25) is 0 Å². The molecule has 0 unspecified atom stereocenters. The van der Waals surface area contributed by atoms with Gasteiger partial charge in [0.2, 0.25) is 5.76 Å². The zero-order valence-corrected chi connectivity index (χ0v) is 17.0. The van der Waals surface area contributed by atoms with Crippen molar-refractivity contribution in [2.45, 2.75) is 13.5 Å². The number of carbonyl (C=O) groups is 3. The molecule has 0 spiro atoms. The van der Waals surface area contributed by atoms with E-state index in [1.165, 1.54) is 6.07 Å². The number of para-hydroxylation sites is 1. The third-order valence-electron chi connectivity index (χ3n) is 4.33.